The first-order valence-corrected chi connectivity index (χ1v) is 10.1. The zero-order valence-corrected chi connectivity index (χ0v) is 17.4. The topological polar surface area (TPSA) is 67.6 Å². The van der Waals surface area contributed by atoms with Gasteiger partial charge in [-0.15, -0.1) is 0 Å². The molecule has 6 nitrogen and oxygen atoms in total. The van der Waals surface area contributed by atoms with E-state index in [4.69, 9.17) is 11.6 Å². The quantitative estimate of drug-likeness (QED) is 0.503. The molecule has 8 heteroatoms. The Morgan fingerprint density at radius 1 is 1.07 bits per heavy atom. The van der Waals surface area contributed by atoms with Crippen molar-refractivity contribution >= 4 is 39.7 Å². The maximum Gasteiger partial charge on any atom is 0.296 e. The normalized spacial score (nSPS) is 11.9. The molecule has 0 atom stereocenters. The molecule has 0 amide bonds. The van der Waals surface area contributed by atoms with Crippen LogP contribution in [-0.2, 0) is 6.42 Å². The van der Waals surface area contributed by atoms with Crippen molar-refractivity contribution in [3.05, 3.63) is 95.6 Å². The van der Waals surface area contributed by atoms with E-state index in [1.807, 2.05) is 55.4 Å². The highest BCUT2D eigenvalue weighted by atomic mass is 35.5. The molecule has 0 aliphatic heterocycles. The van der Waals surface area contributed by atoms with E-state index in [1.54, 1.807) is 18.2 Å². The SMILES string of the molecule is CN(C)c1ccc(C=c2sc3nc(=O)c(Cc4ccc(Cl)cc4)nn3c2=O)cc1. The minimum absolute atomic E-state index is 0.224. The number of benzene rings is 2. The first kappa shape index (κ1) is 19.3. The number of anilines is 1. The van der Waals surface area contributed by atoms with Crippen molar-refractivity contribution in [2.75, 3.05) is 19.0 Å². The molecule has 2 aromatic heterocycles. The fraction of sp³-hybridized carbons (Fsp3) is 0.143. The Balaban J connectivity index is 1.74. The zero-order chi connectivity index (χ0) is 20.5. The summed E-state index contributed by atoms with van der Waals surface area (Å²) < 4.78 is 1.68. The van der Waals surface area contributed by atoms with Crippen LogP contribution in [-0.4, -0.2) is 28.7 Å². The molecule has 146 valence electrons. The van der Waals surface area contributed by atoms with Gasteiger partial charge in [0.1, 0.15) is 5.69 Å². The Hall–Kier alpha value is -3.03. The van der Waals surface area contributed by atoms with Gasteiger partial charge in [0.2, 0.25) is 4.96 Å². The molecule has 29 heavy (non-hydrogen) atoms. The van der Waals surface area contributed by atoms with Gasteiger partial charge in [-0.2, -0.15) is 14.6 Å². The van der Waals surface area contributed by atoms with Crippen LogP contribution in [0.5, 0.6) is 0 Å². The lowest BCUT2D eigenvalue weighted by Gasteiger charge is -2.11. The summed E-state index contributed by atoms with van der Waals surface area (Å²) in [5.74, 6) is 0. The van der Waals surface area contributed by atoms with Crippen LogP contribution >= 0.6 is 22.9 Å². The number of thiazole rings is 1. The fourth-order valence-electron chi connectivity index (χ4n) is 2.87. The van der Waals surface area contributed by atoms with Crippen molar-refractivity contribution in [3.63, 3.8) is 0 Å². The second kappa shape index (κ2) is 7.77. The standard InChI is InChI=1S/C21H17ClN4O2S/c1-25(2)16-9-5-14(6-10-16)12-18-20(28)26-21(29-18)23-19(27)17(24-26)11-13-3-7-15(22)8-4-13/h3-10,12H,11H2,1-2H3. The first-order chi connectivity index (χ1) is 13.9. The minimum Gasteiger partial charge on any atom is -0.378 e. The van der Waals surface area contributed by atoms with Crippen molar-refractivity contribution in [1.82, 2.24) is 14.6 Å². The molecule has 0 fully saturated rings. The summed E-state index contributed by atoms with van der Waals surface area (Å²) in [6, 6.07) is 15.0. The Labute approximate surface area is 175 Å². The van der Waals surface area contributed by atoms with Crippen molar-refractivity contribution in [1.29, 1.82) is 0 Å². The number of rotatable bonds is 4. The van der Waals surface area contributed by atoms with E-state index in [0.717, 1.165) is 28.2 Å². The fourth-order valence-corrected chi connectivity index (χ4v) is 3.90. The second-order valence-corrected chi connectivity index (χ2v) is 8.21. The third-order valence-corrected chi connectivity index (χ3v) is 5.65. The molecule has 0 aliphatic rings. The van der Waals surface area contributed by atoms with Crippen LogP contribution in [0.25, 0.3) is 11.0 Å². The smallest absolute Gasteiger partial charge is 0.296 e. The zero-order valence-electron chi connectivity index (χ0n) is 15.8. The molecule has 2 aromatic carbocycles. The summed E-state index contributed by atoms with van der Waals surface area (Å²) in [7, 11) is 3.94. The Bertz CT molecular complexity index is 1340. The lowest BCUT2D eigenvalue weighted by Crippen LogP contribution is -2.28. The molecular formula is C21H17ClN4O2S. The maximum atomic E-state index is 12.8. The molecule has 0 radical (unpaired) electrons. The van der Waals surface area contributed by atoms with Gasteiger partial charge in [-0.25, -0.2) is 0 Å². The van der Waals surface area contributed by atoms with Crippen molar-refractivity contribution < 1.29 is 0 Å². The summed E-state index contributed by atoms with van der Waals surface area (Å²) in [5.41, 5.74) is 2.34. The van der Waals surface area contributed by atoms with Gasteiger partial charge in [0.05, 0.1) is 4.53 Å². The number of hydrogen-bond acceptors (Lipinski definition) is 6. The van der Waals surface area contributed by atoms with Crippen molar-refractivity contribution in [2.24, 2.45) is 0 Å². The Morgan fingerprint density at radius 2 is 1.76 bits per heavy atom. The van der Waals surface area contributed by atoms with Crippen LogP contribution in [0.4, 0.5) is 5.69 Å². The summed E-state index contributed by atoms with van der Waals surface area (Å²) >= 11 is 7.05. The highest BCUT2D eigenvalue weighted by Crippen LogP contribution is 2.13. The number of hydrogen-bond donors (Lipinski definition) is 0. The molecule has 0 bridgehead atoms. The molecule has 4 rings (SSSR count). The second-order valence-electron chi connectivity index (χ2n) is 6.76. The molecule has 2 heterocycles. The van der Waals surface area contributed by atoms with Crippen LogP contribution in [0, 0.1) is 0 Å². The number of aromatic nitrogens is 3. The molecule has 4 aromatic rings. The van der Waals surface area contributed by atoms with Crippen LogP contribution < -0.4 is 20.6 Å². The van der Waals surface area contributed by atoms with E-state index in [2.05, 4.69) is 10.1 Å². The summed E-state index contributed by atoms with van der Waals surface area (Å²) in [4.78, 5) is 31.5. The van der Waals surface area contributed by atoms with Crippen LogP contribution in [0.1, 0.15) is 16.8 Å². The van der Waals surface area contributed by atoms with E-state index in [1.165, 1.54) is 4.52 Å². The molecule has 0 N–H and O–H groups in total. The van der Waals surface area contributed by atoms with Gasteiger partial charge in [-0.05, 0) is 41.5 Å². The van der Waals surface area contributed by atoms with Gasteiger partial charge in [0.25, 0.3) is 11.1 Å². The van der Waals surface area contributed by atoms with Crippen LogP contribution in [0.3, 0.4) is 0 Å². The van der Waals surface area contributed by atoms with Gasteiger partial charge < -0.3 is 4.90 Å². The van der Waals surface area contributed by atoms with Gasteiger partial charge >= 0.3 is 0 Å². The third-order valence-electron chi connectivity index (χ3n) is 4.44. The number of nitrogens with zero attached hydrogens (tertiary/aromatic N) is 4. The van der Waals surface area contributed by atoms with Crippen LogP contribution in [0.15, 0.2) is 58.1 Å². The molecular weight excluding hydrogens is 408 g/mol. The van der Waals surface area contributed by atoms with Gasteiger partial charge in [0.15, 0.2) is 0 Å². The molecule has 0 saturated heterocycles. The maximum absolute atomic E-state index is 12.8. The number of fused-ring (bicyclic) bond motifs is 1. The molecule has 0 unspecified atom stereocenters. The predicted octanol–water partition coefficient (Wildman–Crippen LogP) is 2.37. The van der Waals surface area contributed by atoms with Gasteiger partial charge in [0, 0.05) is 31.2 Å². The summed E-state index contributed by atoms with van der Waals surface area (Å²) in [5, 5.41) is 4.89. The lowest BCUT2D eigenvalue weighted by atomic mass is 10.1. The van der Waals surface area contributed by atoms with Gasteiger partial charge in [-0.1, -0.05) is 47.2 Å². The highest BCUT2D eigenvalue weighted by molar-refractivity contribution is 7.15. The lowest BCUT2D eigenvalue weighted by molar-refractivity contribution is 0.811. The van der Waals surface area contributed by atoms with E-state index < -0.39 is 5.56 Å². The first-order valence-electron chi connectivity index (χ1n) is 8.87. The monoisotopic (exact) mass is 424 g/mol. The molecule has 0 saturated carbocycles. The average Bonchev–Trinajstić information content (AvgIpc) is 2.99. The van der Waals surface area contributed by atoms with E-state index in [0.29, 0.717) is 9.55 Å². The van der Waals surface area contributed by atoms with E-state index in [9.17, 15) is 9.59 Å². The Morgan fingerprint density at radius 3 is 2.41 bits per heavy atom. The predicted molar refractivity (Wildman–Crippen MR) is 117 cm³/mol. The van der Waals surface area contributed by atoms with Crippen molar-refractivity contribution in [2.45, 2.75) is 6.42 Å². The van der Waals surface area contributed by atoms with Crippen molar-refractivity contribution in [3.8, 4) is 0 Å². The average molecular weight is 425 g/mol. The Kier molecular flexibility index (Phi) is 5.17. The third kappa shape index (κ3) is 4.06. The molecule has 0 aliphatic carbocycles. The van der Waals surface area contributed by atoms with Gasteiger partial charge in [-0.3, -0.25) is 9.59 Å². The van der Waals surface area contributed by atoms with E-state index in [-0.39, 0.29) is 22.6 Å². The summed E-state index contributed by atoms with van der Waals surface area (Å²) in [6.07, 6.45) is 2.07. The number of halogens is 1. The van der Waals surface area contributed by atoms with Crippen LogP contribution in [0.2, 0.25) is 5.02 Å². The van der Waals surface area contributed by atoms with E-state index >= 15 is 0 Å². The molecule has 0 spiro atoms. The summed E-state index contributed by atoms with van der Waals surface area (Å²) in [6.45, 7) is 0. The largest absolute Gasteiger partial charge is 0.378 e. The minimum atomic E-state index is -0.428. The highest BCUT2D eigenvalue weighted by Gasteiger charge is 2.12.